The summed E-state index contributed by atoms with van der Waals surface area (Å²) < 4.78 is 37.8. The van der Waals surface area contributed by atoms with Gasteiger partial charge in [-0.3, -0.25) is 9.59 Å². The average molecular weight is 377 g/mol. The molecule has 8 heteroatoms. The molecule has 0 atom stereocenters. The van der Waals surface area contributed by atoms with Gasteiger partial charge in [0, 0.05) is 30.8 Å². The van der Waals surface area contributed by atoms with Crippen molar-refractivity contribution < 1.29 is 22.8 Å². The number of benzene rings is 1. The normalized spacial score (nSPS) is 15.4. The number of nitrogens with zero attached hydrogens (tertiary/aromatic N) is 2. The van der Waals surface area contributed by atoms with Gasteiger partial charge in [-0.25, -0.2) is 4.98 Å². The number of pyridine rings is 1. The Bertz CT molecular complexity index is 799. The van der Waals surface area contributed by atoms with Crippen LogP contribution in [0.15, 0.2) is 48.7 Å². The van der Waals surface area contributed by atoms with Crippen molar-refractivity contribution in [2.45, 2.75) is 19.0 Å². The molecule has 1 N–H and O–H groups in total. The first-order chi connectivity index (χ1) is 12.8. The number of amides is 2. The van der Waals surface area contributed by atoms with E-state index in [2.05, 4.69) is 10.3 Å². The fourth-order valence-electron chi connectivity index (χ4n) is 2.99. The van der Waals surface area contributed by atoms with Gasteiger partial charge in [0.2, 0.25) is 5.91 Å². The Labute approximate surface area is 154 Å². The lowest BCUT2D eigenvalue weighted by molar-refractivity contribution is -0.137. The topological polar surface area (TPSA) is 62.3 Å². The maximum atomic E-state index is 12.6. The summed E-state index contributed by atoms with van der Waals surface area (Å²) in [6.45, 7) is 0.750. The Morgan fingerprint density at radius 1 is 1.04 bits per heavy atom. The van der Waals surface area contributed by atoms with Gasteiger partial charge < -0.3 is 10.2 Å². The Hall–Kier alpha value is -2.90. The van der Waals surface area contributed by atoms with Gasteiger partial charge in [-0.1, -0.05) is 6.07 Å². The van der Waals surface area contributed by atoms with Gasteiger partial charge in [0.25, 0.3) is 5.91 Å². The zero-order valence-corrected chi connectivity index (χ0v) is 14.4. The van der Waals surface area contributed by atoms with Crippen LogP contribution < -0.4 is 5.32 Å². The zero-order valence-electron chi connectivity index (χ0n) is 14.4. The van der Waals surface area contributed by atoms with E-state index in [1.54, 1.807) is 29.3 Å². The highest BCUT2D eigenvalue weighted by molar-refractivity contribution is 5.95. The molecule has 0 saturated carbocycles. The lowest BCUT2D eigenvalue weighted by atomic mass is 9.95. The number of likely N-dealkylation sites (tertiary alicyclic amines) is 1. The predicted octanol–water partition coefficient (Wildman–Crippen LogP) is 3.59. The number of anilines is 1. The van der Waals surface area contributed by atoms with Crippen LogP contribution in [0.25, 0.3) is 0 Å². The Balaban J connectivity index is 1.55. The van der Waals surface area contributed by atoms with Crippen LogP contribution in [-0.2, 0) is 11.0 Å². The van der Waals surface area contributed by atoms with Gasteiger partial charge in [-0.15, -0.1) is 0 Å². The van der Waals surface area contributed by atoms with Crippen LogP contribution in [0.1, 0.15) is 28.8 Å². The summed E-state index contributed by atoms with van der Waals surface area (Å²) in [4.78, 5) is 30.4. The van der Waals surface area contributed by atoms with Gasteiger partial charge in [0.1, 0.15) is 5.82 Å². The van der Waals surface area contributed by atoms with E-state index in [1.807, 2.05) is 0 Å². The number of alkyl halides is 3. The van der Waals surface area contributed by atoms with Crippen LogP contribution in [0.4, 0.5) is 19.0 Å². The average Bonchev–Trinajstić information content (AvgIpc) is 2.68. The number of hydrogen-bond acceptors (Lipinski definition) is 3. The molecule has 1 aromatic carbocycles. The zero-order chi connectivity index (χ0) is 19.4. The van der Waals surface area contributed by atoms with Crippen LogP contribution in [0.3, 0.4) is 0 Å². The maximum absolute atomic E-state index is 12.6. The summed E-state index contributed by atoms with van der Waals surface area (Å²) in [5.41, 5.74) is -0.580. The summed E-state index contributed by atoms with van der Waals surface area (Å²) in [5, 5.41) is 2.75. The van der Waals surface area contributed by atoms with Crippen LogP contribution >= 0.6 is 0 Å². The summed E-state index contributed by atoms with van der Waals surface area (Å²) in [5.74, 6) is -0.225. The molecule has 1 aliphatic heterocycles. The fourth-order valence-corrected chi connectivity index (χ4v) is 2.99. The predicted molar refractivity (Wildman–Crippen MR) is 92.9 cm³/mol. The van der Waals surface area contributed by atoms with Crippen molar-refractivity contribution in [2.75, 3.05) is 18.4 Å². The van der Waals surface area contributed by atoms with E-state index >= 15 is 0 Å². The minimum Gasteiger partial charge on any atom is -0.339 e. The van der Waals surface area contributed by atoms with Crippen LogP contribution in [0.2, 0.25) is 0 Å². The third-order valence-corrected chi connectivity index (χ3v) is 4.53. The number of carbonyl (C=O) groups excluding carboxylic acids is 2. The highest BCUT2D eigenvalue weighted by Gasteiger charge is 2.31. The number of aromatic nitrogens is 1. The molecule has 2 heterocycles. The van der Waals surface area contributed by atoms with Gasteiger partial charge in [-0.2, -0.15) is 13.2 Å². The molecule has 27 heavy (non-hydrogen) atoms. The summed E-state index contributed by atoms with van der Waals surface area (Å²) >= 11 is 0. The number of hydrogen-bond donors (Lipinski definition) is 1. The minimum absolute atomic E-state index is 0.143. The quantitative estimate of drug-likeness (QED) is 0.889. The van der Waals surface area contributed by atoms with E-state index in [9.17, 15) is 22.8 Å². The lowest BCUT2D eigenvalue weighted by Gasteiger charge is -2.31. The molecule has 0 unspecified atom stereocenters. The Kier molecular flexibility index (Phi) is 5.43. The number of halogens is 3. The molecule has 0 radical (unpaired) electrons. The Morgan fingerprint density at radius 3 is 2.26 bits per heavy atom. The van der Waals surface area contributed by atoms with Crippen LogP contribution in [0, 0.1) is 5.92 Å². The smallest absolute Gasteiger partial charge is 0.339 e. The molecule has 1 fully saturated rings. The molecule has 3 rings (SSSR count). The SMILES string of the molecule is O=C(Nc1ccccn1)C1CCN(C(=O)c2ccc(C(F)(F)F)cc2)CC1. The molecule has 0 spiro atoms. The number of carbonyl (C=O) groups is 2. The second kappa shape index (κ2) is 7.77. The van der Waals surface area contributed by atoms with Crippen molar-refractivity contribution >= 4 is 17.6 Å². The summed E-state index contributed by atoms with van der Waals surface area (Å²) in [7, 11) is 0. The van der Waals surface area contributed by atoms with Crippen molar-refractivity contribution in [3.05, 3.63) is 59.8 Å². The van der Waals surface area contributed by atoms with Gasteiger partial charge >= 0.3 is 6.18 Å². The molecule has 2 aromatic rings. The lowest BCUT2D eigenvalue weighted by Crippen LogP contribution is -2.41. The largest absolute Gasteiger partial charge is 0.416 e. The first-order valence-corrected chi connectivity index (χ1v) is 8.53. The maximum Gasteiger partial charge on any atom is 0.416 e. The van der Waals surface area contributed by atoms with Crippen molar-refractivity contribution in [3.63, 3.8) is 0 Å². The molecule has 0 aliphatic carbocycles. The fraction of sp³-hybridized carbons (Fsp3) is 0.316. The standard InChI is InChI=1S/C19H18F3N3O2/c20-19(21,22)15-6-4-14(5-7-15)18(27)25-11-8-13(9-12-25)17(26)24-16-3-1-2-10-23-16/h1-7,10,13H,8-9,11-12H2,(H,23,24,26). The monoisotopic (exact) mass is 377 g/mol. The molecular weight excluding hydrogens is 359 g/mol. The van der Waals surface area contributed by atoms with E-state index in [4.69, 9.17) is 0 Å². The number of nitrogens with one attached hydrogen (secondary N) is 1. The highest BCUT2D eigenvalue weighted by atomic mass is 19.4. The first kappa shape index (κ1) is 18.9. The first-order valence-electron chi connectivity index (χ1n) is 8.53. The molecular formula is C19H18F3N3O2. The van der Waals surface area contributed by atoms with E-state index in [1.165, 1.54) is 12.1 Å². The molecule has 1 aliphatic rings. The van der Waals surface area contributed by atoms with E-state index in [-0.39, 0.29) is 23.3 Å². The van der Waals surface area contributed by atoms with Gasteiger partial charge in [0.05, 0.1) is 5.56 Å². The van der Waals surface area contributed by atoms with Crippen LogP contribution in [-0.4, -0.2) is 34.8 Å². The molecule has 1 aromatic heterocycles. The molecule has 0 bridgehead atoms. The number of rotatable bonds is 3. The van der Waals surface area contributed by atoms with Crippen molar-refractivity contribution in [3.8, 4) is 0 Å². The third kappa shape index (κ3) is 4.64. The van der Waals surface area contributed by atoms with E-state index in [0.29, 0.717) is 31.7 Å². The molecule has 2 amide bonds. The highest BCUT2D eigenvalue weighted by Crippen LogP contribution is 2.29. The van der Waals surface area contributed by atoms with Gasteiger partial charge in [-0.05, 0) is 49.2 Å². The number of piperidine rings is 1. The van der Waals surface area contributed by atoms with Crippen molar-refractivity contribution in [2.24, 2.45) is 5.92 Å². The summed E-state index contributed by atoms with van der Waals surface area (Å²) in [6, 6.07) is 9.40. The van der Waals surface area contributed by atoms with E-state index < -0.39 is 11.7 Å². The third-order valence-electron chi connectivity index (χ3n) is 4.53. The second-order valence-electron chi connectivity index (χ2n) is 6.35. The molecule has 1 saturated heterocycles. The minimum atomic E-state index is -4.43. The molecule has 5 nitrogen and oxygen atoms in total. The van der Waals surface area contributed by atoms with Crippen LogP contribution in [0.5, 0.6) is 0 Å². The summed E-state index contributed by atoms with van der Waals surface area (Å²) in [6.07, 6.45) is -1.86. The molecule has 142 valence electrons. The van der Waals surface area contributed by atoms with E-state index in [0.717, 1.165) is 12.1 Å². The van der Waals surface area contributed by atoms with Crippen molar-refractivity contribution in [1.29, 1.82) is 0 Å². The van der Waals surface area contributed by atoms with Crippen molar-refractivity contribution in [1.82, 2.24) is 9.88 Å². The Morgan fingerprint density at radius 2 is 1.70 bits per heavy atom. The van der Waals surface area contributed by atoms with Gasteiger partial charge in [0.15, 0.2) is 0 Å². The second-order valence-corrected chi connectivity index (χ2v) is 6.35.